The maximum absolute atomic E-state index is 7.57. The van der Waals surface area contributed by atoms with E-state index in [0.717, 1.165) is 21.6 Å². The second-order valence-electron chi connectivity index (χ2n) is 12.7. The van der Waals surface area contributed by atoms with Gasteiger partial charge >= 0.3 is 307 Å². The maximum atomic E-state index is 7.57. The molecular formula is C43H40O5SSe. The predicted octanol–water partition coefficient (Wildman–Crippen LogP) is 7.83. The van der Waals surface area contributed by atoms with Crippen LogP contribution in [0.2, 0.25) is 4.31 Å². The number of hydrogen-bond donors (Lipinski definition) is 0. The molecule has 7 heteroatoms. The molecule has 2 aliphatic heterocycles. The van der Waals surface area contributed by atoms with Gasteiger partial charge < -0.3 is 0 Å². The Kier molecular flexibility index (Phi) is 10.6. The molecular weight excluding hydrogens is 707 g/mol. The van der Waals surface area contributed by atoms with Crippen LogP contribution in [0.5, 0.6) is 0 Å². The summed E-state index contributed by atoms with van der Waals surface area (Å²) in [4.78, 5) is 1.06. The predicted molar refractivity (Wildman–Crippen MR) is 199 cm³/mol. The van der Waals surface area contributed by atoms with E-state index >= 15 is 0 Å². The standard InChI is InChI=1S/C43H40O5SSe/c1-41(2)47-38-37(29-30-49-35-25-15-7-16-26-35)46-40(44-3)42(39(38)48-41,50-36-27-17-8-18-28-36)31-45-43(32-19-9-4-10-20-32,33-21-11-5-12-22-33)34-23-13-6-14-24-34/h4-28,37-40H,31H2,1-3H3/t37-,38-,39-,40?,42?/m0/s1. The van der Waals surface area contributed by atoms with Gasteiger partial charge in [-0.1, -0.05) is 0 Å². The van der Waals surface area contributed by atoms with Gasteiger partial charge in [-0.2, -0.15) is 0 Å². The zero-order valence-corrected chi connectivity index (χ0v) is 30.8. The molecule has 0 bridgehead atoms. The number of methoxy groups -OCH3 is 1. The first kappa shape index (κ1) is 34.8. The Morgan fingerprint density at radius 3 is 1.72 bits per heavy atom. The van der Waals surface area contributed by atoms with Crippen LogP contribution in [-0.2, 0) is 29.3 Å². The van der Waals surface area contributed by atoms with Crippen LogP contribution in [0.4, 0.5) is 0 Å². The van der Waals surface area contributed by atoms with Crippen molar-refractivity contribution in [2.45, 2.75) is 59.0 Å². The second-order valence-corrected chi connectivity index (χ2v) is 16.6. The molecule has 7 rings (SSSR count). The van der Waals surface area contributed by atoms with Gasteiger partial charge in [-0.05, 0) is 0 Å². The molecule has 0 N–H and O–H groups in total. The van der Waals surface area contributed by atoms with E-state index in [1.54, 1.807) is 7.11 Å². The molecule has 0 spiro atoms. The number of hydrogen-bond acceptors (Lipinski definition) is 6. The van der Waals surface area contributed by atoms with Crippen LogP contribution in [0, 0.1) is 11.2 Å². The van der Waals surface area contributed by atoms with Crippen molar-refractivity contribution in [3.63, 3.8) is 0 Å². The van der Waals surface area contributed by atoms with E-state index in [1.807, 2.05) is 68.4 Å². The number of benzene rings is 5. The first-order valence-electron chi connectivity index (χ1n) is 16.7. The van der Waals surface area contributed by atoms with Crippen LogP contribution in [0.1, 0.15) is 30.5 Å². The van der Waals surface area contributed by atoms with Gasteiger partial charge in [0, 0.05) is 0 Å². The molecule has 2 saturated heterocycles. The molecule has 2 aliphatic rings. The van der Waals surface area contributed by atoms with E-state index in [9.17, 15) is 0 Å². The van der Waals surface area contributed by atoms with E-state index in [4.69, 9.17) is 23.7 Å². The summed E-state index contributed by atoms with van der Waals surface area (Å²) in [6.45, 7) is 4.16. The third kappa shape index (κ3) is 7.09. The van der Waals surface area contributed by atoms with Crippen molar-refractivity contribution in [3.8, 4) is 11.2 Å². The first-order valence-corrected chi connectivity index (χ1v) is 19.3. The molecule has 5 atom stereocenters. The first-order chi connectivity index (χ1) is 24.4. The summed E-state index contributed by atoms with van der Waals surface area (Å²) in [5.41, 5.74) is 2.11. The summed E-state index contributed by atoms with van der Waals surface area (Å²) in [6, 6.07) is 51.9. The van der Waals surface area contributed by atoms with Gasteiger partial charge in [0.1, 0.15) is 0 Å². The summed E-state index contributed by atoms with van der Waals surface area (Å²) < 4.78 is 34.8. The number of ether oxygens (including phenoxy) is 5. The van der Waals surface area contributed by atoms with Gasteiger partial charge in [0.15, 0.2) is 0 Å². The van der Waals surface area contributed by atoms with Crippen LogP contribution in [0.15, 0.2) is 157 Å². The molecule has 5 aromatic carbocycles. The van der Waals surface area contributed by atoms with E-state index in [-0.39, 0.29) is 21.6 Å². The number of fused-ring (bicyclic) bond motifs is 1. The molecule has 0 aromatic heterocycles. The fraction of sp³-hybridized carbons (Fsp3) is 0.256. The van der Waals surface area contributed by atoms with Crippen molar-refractivity contribution < 1.29 is 23.7 Å². The normalized spacial score (nSPS) is 24.1. The fourth-order valence-corrected chi connectivity index (χ4v) is 10.4. The van der Waals surface area contributed by atoms with Gasteiger partial charge in [0.25, 0.3) is 0 Å². The Balaban J connectivity index is 1.35. The Bertz CT molecular complexity index is 1790. The molecule has 2 unspecified atom stereocenters. The summed E-state index contributed by atoms with van der Waals surface area (Å²) in [5, 5.41) is 3.28. The molecule has 0 saturated carbocycles. The zero-order valence-electron chi connectivity index (χ0n) is 28.3. The van der Waals surface area contributed by atoms with Gasteiger partial charge in [0.05, 0.1) is 0 Å². The third-order valence-corrected chi connectivity index (χ3v) is 12.7. The number of rotatable bonds is 10. The third-order valence-electron chi connectivity index (χ3n) is 9.01. The van der Waals surface area contributed by atoms with Crippen LogP contribution in [-0.4, -0.2) is 59.1 Å². The molecule has 50 heavy (non-hydrogen) atoms. The van der Waals surface area contributed by atoms with Gasteiger partial charge in [-0.15, -0.1) is 0 Å². The summed E-state index contributed by atoms with van der Waals surface area (Å²) in [7, 11) is 1.70. The van der Waals surface area contributed by atoms with Crippen LogP contribution in [0.25, 0.3) is 0 Å². The summed E-state index contributed by atoms with van der Waals surface area (Å²) in [6.07, 6.45) is -2.21. The minimum absolute atomic E-state index is 0.249. The molecule has 5 nitrogen and oxygen atoms in total. The average molecular weight is 748 g/mol. The van der Waals surface area contributed by atoms with Crippen molar-refractivity contribution in [2.75, 3.05) is 13.7 Å². The summed E-state index contributed by atoms with van der Waals surface area (Å²) >= 11 is 1.21. The Hall–Kier alpha value is -3.67. The van der Waals surface area contributed by atoms with Crippen molar-refractivity contribution >= 4 is 31.2 Å². The molecule has 5 aromatic rings. The Labute approximate surface area is 305 Å². The summed E-state index contributed by atoms with van der Waals surface area (Å²) in [5.74, 6) is 2.49. The molecule has 2 heterocycles. The number of thioether (sulfide) groups is 1. The van der Waals surface area contributed by atoms with E-state index in [2.05, 4.69) is 108 Å². The van der Waals surface area contributed by atoms with Crippen molar-refractivity contribution in [2.24, 2.45) is 0 Å². The molecule has 2 fully saturated rings. The molecule has 0 amide bonds. The topological polar surface area (TPSA) is 46.2 Å². The quantitative estimate of drug-likeness (QED) is 0.0629. The van der Waals surface area contributed by atoms with Gasteiger partial charge in [-0.3, -0.25) is 0 Å². The molecule has 0 aliphatic carbocycles. The average Bonchev–Trinajstić information content (AvgIpc) is 3.51. The molecule has 254 valence electrons. The van der Waals surface area contributed by atoms with Gasteiger partial charge in [0.2, 0.25) is 0 Å². The monoisotopic (exact) mass is 748 g/mol. The van der Waals surface area contributed by atoms with E-state index in [1.165, 1.54) is 16.2 Å². The fourth-order valence-electron chi connectivity index (χ4n) is 6.84. The minimum atomic E-state index is -0.949. The van der Waals surface area contributed by atoms with Crippen molar-refractivity contribution in [1.29, 1.82) is 0 Å². The SMILES string of the molecule is COC1O[C@@H](C#CSc2ccccc2)[C@@H]2OC(C)(C)O[C@@H]2C1(COC(c1ccccc1)(c1ccccc1)c1ccccc1)[Se]c1ccccc1. The van der Waals surface area contributed by atoms with Crippen LogP contribution < -0.4 is 4.46 Å². The van der Waals surface area contributed by atoms with Crippen LogP contribution in [0.3, 0.4) is 0 Å². The van der Waals surface area contributed by atoms with Gasteiger partial charge in [-0.25, -0.2) is 0 Å². The Morgan fingerprint density at radius 1 is 0.700 bits per heavy atom. The van der Waals surface area contributed by atoms with Crippen LogP contribution >= 0.6 is 11.8 Å². The van der Waals surface area contributed by atoms with Crippen molar-refractivity contribution in [1.82, 2.24) is 0 Å². The van der Waals surface area contributed by atoms with E-state index < -0.39 is 40.3 Å². The zero-order chi connectivity index (χ0) is 34.4. The molecule has 0 radical (unpaired) electrons. The second kappa shape index (κ2) is 15.3. The van der Waals surface area contributed by atoms with E-state index in [0.29, 0.717) is 0 Å². The Morgan fingerprint density at radius 2 is 1.20 bits per heavy atom. The van der Waals surface area contributed by atoms with Crippen molar-refractivity contribution in [3.05, 3.63) is 168 Å².